The zero-order valence-corrected chi connectivity index (χ0v) is 14.1. The molecule has 3 heterocycles. The molecule has 1 saturated carbocycles. The first-order valence-corrected chi connectivity index (χ1v) is 8.40. The third kappa shape index (κ3) is 2.27. The minimum absolute atomic E-state index is 0.104. The number of aryl methyl sites for hydroxylation is 1. The fourth-order valence-electron chi connectivity index (χ4n) is 3.83. The monoisotopic (exact) mass is 354 g/mol. The second-order valence-electron chi connectivity index (χ2n) is 6.37. The number of rotatable bonds is 2. The van der Waals surface area contributed by atoms with E-state index >= 15 is 0 Å². The Labute approximate surface area is 142 Å². The summed E-state index contributed by atoms with van der Waals surface area (Å²) in [6, 6.07) is -0.469. The maximum absolute atomic E-state index is 13.8. The molecule has 2 aliphatic rings. The van der Waals surface area contributed by atoms with Gasteiger partial charge in [0.2, 0.25) is 11.2 Å². The summed E-state index contributed by atoms with van der Waals surface area (Å²) in [5.41, 5.74) is 0.691. The quantitative estimate of drug-likeness (QED) is 0.773. The summed E-state index contributed by atoms with van der Waals surface area (Å²) >= 11 is 6.00. The highest BCUT2D eigenvalue weighted by molar-refractivity contribution is 6.28. The van der Waals surface area contributed by atoms with Crippen molar-refractivity contribution in [1.82, 2.24) is 24.7 Å². The standard InChI is InChI=1S/C15H17ClF2N6/c1-3-10-13-22-21-8(2)23(13)11-7-19-14(16)20-12(11)24(10)9-4-5-15(17,18)6-9/h7,9-10H,3-6H2,1-2H3/t9?,10-/m1/s1. The van der Waals surface area contributed by atoms with Crippen LogP contribution in [0.4, 0.5) is 14.6 Å². The molecule has 128 valence electrons. The van der Waals surface area contributed by atoms with Gasteiger partial charge in [0.15, 0.2) is 11.6 Å². The molecule has 2 aromatic heterocycles. The minimum Gasteiger partial charge on any atom is -0.341 e. The van der Waals surface area contributed by atoms with Crippen LogP contribution in [0.5, 0.6) is 0 Å². The van der Waals surface area contributed by atoms with Gasteiger partial charge in [0, 0.05) is 18.9 Å². The predicted molar refractivity (Wildman–Crippen MR) is 84.8 cm³/mol. The number of hydrogen-bond donors (Lipinski definition) is 0. The molecule has 1 aliphatic heterocycles. The first-order valence-electron chi connectivity index (χ1n) is 8.02. The summed E-state index contributed by atoms with van der Waals surface area (Å²) in [5.74, 6) is -0.600. The molecule has 9 heteroatoms. The molecule has 6 nitrogen and oxygen atoms in total. The van der Waals surface area contributed by atoms with Crippen LogP contribution in [0.2, 0.25) is 5.28 Å². The fourth-order valence-corrected chi connectivity index (χ4v) is 3.96. The summed E-state index contributed by atoms with van der Waals surface area (Å²) in [4.78, 5) is 10.4. The third-order valence-electron chi connectivity index (χ3n) is 4.85. The van der Waals surface area contributed by atoms with Crippen molar-refractivity contribution in [1.29, 1.82) is 0 Å². The van der Waals surface area contributed by atoms with Crippen molar-refractivity contribution in [2.24, 2.45) is 0 Å². The van der Waals surface area contributed by atoms with Gasteiger partial charge in [0.05, 0.1) is 12.2 Å². The van der Waals surface area contributed by atoms with E-state index in [4.69, 9.17) is 11.6 Å². The maximum atomic E-state index is 13.8. The molecule has 0 N–H and O–H groups in total. The SMILES string of the molecule is CC[C@@H]1c2nnc(C)n2-c2cnc(Cl)nc2N1C1CCC(F)(F)C1. The van der Waals surface area contributed by atoms with E-state index in [1.165, 1.54) is 0 Å². The number of alkyl halides is 2. The Morgan fingerprint density at radius 3 is 2.83 bits per heavy atom. The van der Waals surface area contributed by atoms with Gasteiger partial charge in [-0.15, -0.1) is 10.2 Å². The zero-order valence-electron chi connectivity index (χ0n) is 13.4. The van der Waals surface area contributed by atoms with E-state index in [1.54, 1.807) is 6.20 Å². The Kier molecular flexibility index (Phi) is 3.49. The van der Waals surface area contributed by atoms with Crippen molar-refractivity contribution in [2.75, 3.05) is 4.90 Å². The Bertz CT molecular complexity index is 792. The molecule has 0 amide bonds. The molecule has 4 rings (SSSR count). The molecule has 0 bridgehead atoms. The van der Waals surface area contributed by atoms with Crippen LogP contribution in [0.1, 0.15) is 50.3 Å². The summed E-state index contributed by atoms with van der Waals surface area (Å²) in [6.45, 7) is 3.86. The lowest BCUT2D eigenvalue weighted by atomic mass is 10.0. The van der Waals surface area contributed by atoms with Crippen molar-refractivity contribution in [3.05, 3.63) is 23.1 Å². The Hall–Kier alpha value is -1.83. The van der Waals surface area contributed by atoms with Crippen LogP contribution in [-0.2, 0) is 0 Å². The molecule has 0 aromatic carbocycles. The number of nitrogens with zero attached hydrogens (tertiary/aromatic N) is 6. The normalized spacial score (nSPS) is 24.8. The van der Waals surface area contributed by atoms with Crippen LogP contribution in [0.15, 0.2) is 6.20 Å². The minimum atomic E-state index is -2.64. The van der Waals surface area contributed by atoms with Gasteiger partial charge >= 0.3 is 0 Å². The molecular formula is C15H17ClF2N6. The molecule has 24 heavy (non-hydrogen) atoms. The summed E-state index contributed by atoms with van der Waals surface area (Å²) in [7, 11) is 0. The molecule has 0 spiro atoms. The fraction of sp³-hybridized carbons (Fsp3) is 0.600. The average molecular weight is 355 g/mol. The maximum Gasteiger partial charge on any atom is 0.250 e. The van der Waals surface area contributed by atoms with Gasteiger partial charge in [0.1, 0.15) is 11.5 Å². The molecule has 1 unspecified atom stereocenters. The van der Waals surface area contributed by atoms with Gasteiger partial charge < -0.3 is 4.90 Å². The van der Waals surface area contributed by atoms with Crippen molar-refractivity contribution in [3.63, 3.8) is 0 Å². The van der Waals surface area contributed by atoms with E-state index in [1.807, 2.05) is 23.3 Å². The highest BCUT2D eigenvalue weighted by Gasteiger charge is 2.46. The molecule has 1 fully saturated rings. The van der Waals surface area contributed by atoms with Gasteiger partial charge in [0.25, 0.3) is 0 Å². The molecule has 2 aromatic rings. The predicted octanol–water partition coefficient (Wildman–Crippen LogP) is 3.48. The van der Waals surface area contributed by atoms with Crippen LogP contribution in [-0.4, -0.2) is 36.7 Å². The lowest BCUT2D eigenvalue weighted by Crippen LogP contribution is -2.42. The van der Waals surface area contributed by atoms with Gasteiger partial charge in [-0.2, -0.15) is 4.98 Å². The van der Waals surface area contributed by atoms with Gasteiger partial charge in [-0.25, -0.2) is 13.8 Å². The van der Waals surface area contributed by atoms with Gasteiger partial charge in [-0.1, -0.05) is 6.92 Å². The topological polar surface area (TPSA) is 59.7 Å². The number of aromatic nitrogens is 5. The van der Waals surface area contributed by atoms with Gasteiger partial charge in [-0.3, -0.25) is 4.57 Å². The number of hydrogen-bond acceptors (Lipinski definition) is 5. The van der Waals surface area contributed by atoms with Crippen LogP contribution < -0.4 is 4.90 Å². The molecule has 0 saturated heterocycles. The smallest absolute Gasteiger partial charge is 0.250 e. The lowest BCUT2D eigenvalue weighted by Gasteiger charge is -2.40. The van der Waals surface area contributed by atoms with Crippen LogP contribution in [0.25, 0.3) is 5.69 Å². The van der Waals surface area contributed by atoms with Gasteiger partial charge in [-0.05, 0) is 31.4 Å². The highest BCUT2D eigenvalue weighted by atomic mass is 35.5. The van der Waals surface area contributed by atoms with Crippen molar-refractivity contribution in [2.45, 2.75) is 57.5 Å². The molecular weight excluding hydrogens is 338 g/mol. The zero-order chi connectivity index (χ0) is 17.1. The Balaban J connectivity index is 1.89. The molecule has 0 radical (unpaired) electrons. The van der Waals surface area contributed by atoms with Crippen LogP contribution in [0, 0.1) is 6.92 Å². The van der Waals surface area contributed by atoms with Crippen molar-refractivity contribution >= 4 is 17.4 Å². The van der Waals surface area contributed by atoms with E-state index in [0.29, 0.717) is 30.2 Å². The van der Waals surface area contributed by atoms with Crippen molar-refractivity contribution < 1.29 is 8.78 Å². The number of fused-ring (bicyclic) bond motifs is 3. The van der Waals surface area contributed by atoms with Crippen molar-refractivity contribution in [3.8, 4) is 5.69 Å². The average Bonchev–Trinajstić information content (AvgIpc) is 3.08. The largest absolute Gasteiger partial charge is 0.341 e. The summed E-state index contributed by atoms with van der Waals surface area (Å²) in [6.07, 6.45) is 2.44. The van der Waals surface area contributed by atoms with Crippen LogP contribution >= 0.6 is 11.6 Å². The first-order chi connectivity index (χ1) is 11.4. The van der Waals surface area contributed by atoms with Crippen LogP contribution in [0.3, 0.4) is 0 Å². The first kappa shape index (κ1) is 15.7. The summed E-state index contributed by atoms with van der Waals surface area (Å²) < 4.78 is 29.5. The molecule has 1 aliphatic carbocycles. The van der Waals surface area contributed by atoms with E-state index in [2.05, 4.69) is 20.2 Å². The van der Waals surface area contributed by atoms with E-state index in [0.717, 1.165) is 5.82 Å². The second-order valence-corrected chi connectivity index (χ2v) is 6.71. The second kappa shape index (κ2) is 5.34. The highest BCUT2D eigenvalue weighted by Crippen LogP contribution is 2.46. The number of halogens is 3. The van der Waals surface area contributed by atoms with E-state index < -0.39 is 5.92 Å². The third-order valence-corrected chi connectivity index (χ3v) is 5.03. The van der Waals surface area contributed by atoms with E-state index in [9.17, 15) is 8.78 Å². The molecule has 2 atom stereocenters. The lowest BCUT2D eigenvalue weighted by molar-refractivity contribution is 0.00746. The number of anilines is 1. The summed E-state index contributed by atoms with van der Waals surface area (Å²) in [5, 5.41) is 8.54. The Morgan fingerprint density at radius 1 is 1.38 bits per heavy atom. The van der Waals surface area contributed by atoms with E-state index in [-0.39, 0.29) is 30.2 Å². The Morgan fingerprint density at radius 2 is 2.17 bits per heavy atom.